The van der Waals surface area contributed by atoms with Gasteiger partial charge in [0.1, 0.15) is 0 Å². The summed E-state index contributed by atoms with van der Waals surface area (Å²) in [5.74, 6) is 1.31. The molecule has 2 rings (SSSR count). The standard InChI is InChI=1S/C17H32N2O2/c1-3-16(13-20)18-8-10-19(11-9-18)17(21)14(2)12-15-6-4-5-7-15/h14-16,20H,3-13H2,1-2H3. The van der Waals surface area contributed by atoms with E-state index in [1.54, 1.807) is 0 Å². The molecule has 1 aliphatic heterocycles. The third-order valence-electron chi connectivity index (χ3n) is 5.41. The quantitative estimate of drug-likeness (QED) is 0.816. The molecular weight excluding hydrogens is 264 g/mol. The lowest BCUT2D eigenvalue weighted by atomic mass is 9.93. The molecule has 2 unspecified atom stereocenters. The lowest BCUT2D eigenvalue weighted by Crippen LogP contribution is -2.53. The molecule has 1 aliphatic carbocycles. The van der Waals surface area contributed by atoms with Crippen molar-refractivity contribution in [3.05, 3.63) is 0 Å². The summed E-state index contributed by atoms with van der Waals surface area (Å²) in [6.07, 6.45) is 7.39. The summed E-state index contributed by atoms with van der Waals surface area (Å²) in [4.78, 5) is 16.9. The van der Waals surface area contributed by atoms with Crippen molar-refractivity contribution in [2.75, 3.05) is 32.8 Å². The fraction of sp³-hybridized carbons (Fsp3) is 0.941. The topological polar surface area (TPSA) is 43.8 Å². The van der Waals surface area contributed by atoms with E-state index in [4.69, 9.17) is 0 Å². The molecule has 0 bridgehead atoms. The summed E-state index contributed by atoms with van der Waals surface area (Å²) in [7, 11) is 0. The highest BCUT2D eigenvalue weighted by Gasteiger charge is 2.29. The Balaban J connectivity index is 1.76. The molecular formula is C17H32N2O2. The van der Waals surface area contributed by atoms with E-state index >= 15 is 0 Å². The third kappa shape index (κ3) is 4.43. The number of carbonyl (C=O) groups excluding carboxylic acids is 1. The Kier molecular flexibility index (Phi) is 6.49. The van der Waals surface area contributed by atoms with Crippen LogP contribution in [0.5, 0.6) is 0 Å². The van der Waals surface area contributed by atoms with Crippen LogP contribution < -0.4 is 0 Å². The summed E-state index contributed by atoms with van der Waals surface area (Å²) in [5, 5.41) is 9.38. The molecule has 2 fully saturated rings. The predicted molar refractivity (Wildman–Crippen MR) is 85.1 cm³/mol. The van der Waals surface area contributed by atoms with Crippen LogP contribution in [0.3, 0.4) is 0 Å². The summed E-state index contributed by atoms with van der Waals surface area (Å²) in [6.45, 7) is 7.90. The van der Waals surface area contributed by atoms with Gasteiger partial charge in [0.15, 0.2) is 0 Å². The smallest absolute Gasteiger partial charge is 0.225 e. The van der Waals surface area contributed by atoms with E-state index in [-0.39, 0.29) is 18.6 Å². The van der Waals surface area contributed by atoms with Crippen LogP contribution in [0.15, 0.2) is 0 Å². The van der Waals surface area contributed by atoms with Crippen LogP contribution in [0.1, 0.15) is 52.4 Å². The zero-order chi connectivity index (χ0) is 15.2. The minimum atomic E-state index is 0.180. The maximum atomic E-state index is 12.6. The van der Waals surface area contributed by atoms with Crippen molar-refractivity contribution >= 4 is 5.91 Å². The van der Waals surface area contributed by atoms with Gasteiger partial charge < -0.3 is 10.0 Å². The first-order valence-corrected chi connectivity index (χ1v) is 8.79. The molecule has 21 heavy (non-hydrogen) atoms. The van der Waals surface area contributed by atoms with Crippen molar-refractivity contribution in [1.29, 1.82) is 0 Å². The van der Waals surface area contributed by atoms with E-state index in [2.05, 4.69) is 18.7 Å². The molecule has 0 spiro atoms. The Bertz CT molecular complexity index is 317. The minimum Gasteiger partial charge on any atom is -0.395 e. The van der Waals surface area contributed by atoms with Crippen molar-refractivity contribution in [3.63, 3.8) is 0 Å². The highest BCUT2D eigenvalue weighted by atomic mass is 16.3. The summed E-state index contributed by atoms with van der Waals surface area (Å²) in [6, 6.07) is 0.262. The van der Waals surface area contributed by atoms with Gasteiger partial charge in [-0.05, 0) is 18.8 Å². The Morgan fingerprint density at radius 1 is 1.19 bits per heavy atom. The van der Waals surface area contributed by atoms with Gasteiger partial charge in [0.2, 0.25) is 5.91 Å². The molecule has 0 aromatic carbocycles. The molecule has 4 heteroatoms. The Morgan fingerprint density at radius 3 is 2.33 bits per heavy atom. The second-order valence-electron chi connectivity index (χ2n) is 6.89. The zero-order valence-corrected chi connectivity index (χ0v) is 13.8. The molecule has 0 aromatic heterocycles. The molecule has 1 heterocycles. The van der Waals surface area contributed by atoms with E-state index < -0.39 is 0 Å². The molecule has 2 atom stereocenters. The van der Waals surface area contributed by atoms with Gasteiger partial charge in [0.25, 0.3) is 0 Å². The Morgan fingerprint density at radius 2 is 1.81 bits per heavy atom. The molecule has 1 amide bonds. The van der Waals surface area contributed by atoms with Gasteiger partial charge in [-0.25, -0.2) is 0 Å². The van der Waals surface area contributed by atoms with Crippen LogP contribution in [0.4, 0.5) is 0 Å². The van der Waals surface area contributed by atoms with E-state index in [9.17, 15) is 9.90 Å². The number of hydrogen-bond donors (Lipinski definition) is 1. The number of rotatable bonds is 6. The van der Waals surface area contributed by atoms with E-state index in [0.29, 0.717) is 5.91 Å². The molecule has 1 N–H and O–H groups in total. The molecule has 1 saturated carbocycles. The van der Waals surface area contributed by atoms with Crippen LogP contribution in [0.2, 0.25) is 0 Å². The van der Waals surface area contributed by atoms with Crippen molar-refractivity contribution in [1.82, 2.24) is 9.80 Å². The van der Waals surface area contributed by atoms with Gasteiger partial charge in [-0.2, -0.15) is 0 Å². The second kappa shape index (κ2) is 8.14. The van der Waals surface area contributed by atoms with Crippen molar-refractivity contribution in [2.45, 2.75) is 58.4 Å². The Hall–Kier alpha value is -0.610. The van der Waals surface area contributed by atoms with Crippen LogP contribution in [0, 0.1) is 11.8 Å². The second-order valence-corrected chi connectivity index (χ2v) is 6.89. The number of nitrogens with zero attached hydrogens (tertiary/aromatic N) is 2. The first kappa shape index (κ1) is 16.8. The highest BCUT2D eigenvalue weighted by molar-refractivity contribution is 5.78. The predicted octanol–water partition coefficient (Wildman–Crippen LogP) is 2.12. The molecule has 122 valence electrons. The van der Waals surface area contributed by atoms with Crippen molar-refractivity contribution in [2.24, 2.45) is 11.8 Å². The van der Waals surface area contributed by atoms with Crippen molar-refractivity contribution < 1.29 is 9.90 Å². The monoisotopic (exact) mass is 296 g/mol. The highest BCUT2D eigenvalue weighted by Crippen LogP contribution is 2.30. The van der Waals surface area contributed by atoms with Gasteiger partial charge in [-0.15, -0.1) is 0 Å². The Labute approximate surface area is 129 Å². The summed E-state index contributed by atoms with van der Waals surface area (Å²) < 4.78 is 0. The largest absolute Gasteiger partial charge is 0.395 e. The minimum absolute atomic E-state index is 0.180. The molecule has 1 saturated heterocycles. The van der Waals surface area contributed by atoms with Crippen LogP contribution in [-0.2, 0) is 4.79 Å². The molecule has 0 aromatic rings. The van der Waals surface area contributed by atoms with E-state index in [1.165, 1.54) is 25.7 Å². The number of aliphatic hydroxyl groups is 1. The average molecular weight is 296 g/mol. The van der Waals surface area contributed by atoms with Gasteiger partial charge in [-0.3, -0.25) is 9.69 Å². The number of aliphatic hydroxyl groups excluding tert-OH is 1. The van der Waals surface area contributed by atoms with E-state index in [0.717, 1.165) is 44.9 Å². The lowest BCUT2D eigenvalue weighted by molar-refractivity contribution is -0.137. The van der Waals surface area contributed by atoms with Gasteiger partial charge in [-0.1, -0.05) is 39.5 Å². The first-order chi connectivity index (χ1) is 10.2. The maximum absolute atomic E-state index is 12.6. The fourth-order valence-corrected chi connectivity index (χ4v) is 3.97. The number of piperazine rings is 1. The zero-order valence-electron chi connectivity index (χ0n) is 13.8. The fourth-order valence-electron chi connectivity index (χ4n) is 3.97. The van der Waals surface area contributed by atoms with E-state index in [1.807, 2.05) is 4.90 Å². The number of carbonyl (C=O) groups is 1. The van der Waals surface area contributed by atoms with Crippen molar-refractivity contribution in [3.8, 4) is 0 Å². The van der Waals surface area contributed by atoms with Crippen LogP contribution in [-0.4, -0.2) is 59.6 Å². The molecule has 4 nitrogen and oxygen atoms in total. The average Bonchev–Trinajstić information content (AvgIpc) is 3.01. The SMILES string of the molecule is CCC(CO)N1CCN(C(=O)C(C)CC2CCCC2)CC1. The van der Waals surface area contributed by atoms with Crippen LogP contribution >= 0.6 is 0 Å². The summed E-state index contributed by atoms with van der Waals surface area (Å²) in [5.41, 5.74) is 0. The first-order valence-electron chi connectivity index (χ1n) is 8.79. The van der Waals surface area contributed by atoms with Gasteiger partial charge in [0.05, 0.1) is 6.61 Å². The number of amides is 1. The van der Waals surface area contributed by atoms with Crippen LogP contribution in [0.25, 0.3) is 0 Å². The maximum Gasteiger partial charge on any atom is 0.225 e. The normalized spacial score (nSPS) is 24.2. The lowest BCUT2D eigenvalue weighted by Gasteiger charge is -2.39. The third-order valence-corrected chi connectivity index (χ3v) is 5.41. The van der Waals surface area contributed by atoms with Gasteiger partial charge in [0, 0.05) is 38.1 Å². The number of hydrogen-bond acceptors (Lipinski definition) is 3. The summed E-state index contributed by atoms with van der Waals surface area (Å²) >= 11 is 0. The molecule has 2 aliphatic rings. The molecule has 0 radical (unpaired) electrons. The van der Waals surface area contributed by atoms with Gasteiger partial charge >= 0.3 is 0 Å².